The number of hydrogen-bond acceptors (Lipinski definition) is 2. The van der Waals surface area contributed by atoms with Gasteiger partial charge in [-0.2, -0.15) is 5.26 Å². The van der Waals surface area contributed by atoms with E-state index in [1.807, 2.05) is 17.0 Å². The summed E-state index contributed by atoms with van der Waals surface area (Å²) in [5.41, 5.74) is 0. The summed E-state index contributed by atoms with van der Waals surface area (Å²) in [6, 6.07) is 2.15. The van der Waals surface area contributed by atoms with Crippen LogP contribution >= 0.6 is 0 Å². The highest BCUT2D eigenvalue weighted by Gasteiger charge is 2.08. The van der Waals surface area contributed by atoms with E-state index in [1.54, 1.807) is 7.11 Å². The van der Waals surface area contributed by atoms with Gasteiger partial charge in [-0.3, -0.25) is 0 Å². The fourth-order valence-electron chi connectivity index (χ4n) is 1.37. The maximum Gasteiger partial charge on any atom is 0.256 e. The summed E-state index contributed by atoms with van der Waals surface area (Å²) in [7, 11) is 1.68. The van der Waals surface area contributed by atoms with Crippen LogP contribution in [-0.2, 0) is 17.9 Å². The lowest BCUT2D eigenvalue weighted by Crippen LogP contribution is -2.36. The number of ether oxygens (including phenoxy) is 1. The van der Waals surface area contributed by atoms with Crippen LogP contribution < -0.4 is 4.57 Å². The van der Waals surface area contributed by atoms with Crippen molar-refractivity contribution < 1.29 is 9.30 Å². The normalized spacial score (nSPS) is 10.0. The number of hydrogen-bond donors (Lipinski definition) is 1. The Morgan fingerprint density at radius 2 is 2.43 bits per heavy atom. The second-order valence-electron chi connectivity index (χ2n) is 3.16. The zero-order valence-corrected chi connectivity index (χ0v) is 8.49. The Morgan fingerprint density at radius 1 is 1.57 bits per heavy atom. The van der Waals surface area contributed by atoms with Gasteiger partial charge in [-0.05, 0) is 12.8 Å². The largest absolute Gasteiger partial charge is 0.345 e. The molecule has 0 aliphatic heterocycles. The van der Waals surface area contributed by atoms with Gasteiger partial charge in [0.1, 0.15) is 12.4 Å². The number of nitrogens with one attached hydrogen (secondary N) is 1. The second kappa shape index (κ2) is 6.17. The SMILES string of the molecule is COC[n+]1cc[nH]c1CCCCC#N. The molecule has 0 aromatic carbocycles. The Labute approximate surface area is 84.1 Å². The van der Waals surface area contributed by atoms with Crippen LogP contribution in [0.2, 0.25) is 0 Å². The molecule has 1 rings (SSSR count). The van der Waals surface area contributed by atoms with Crippen LogP contribution in [0.25, 0.3) is 0 Å². The first-order valence-corrected chi connectivity index (χ1v) is 4.80. The third-order valence-corrected chi connectivity index (χ3v) is 2.07. The van der Waals surface area contributed by atoms with E-state index in [-0.39, 0.29) is 0 Å². The fraction of sp³-hybridized carbons (Fsp3) is 0.600. The highest BCUT2D eigenvalue weighted by molar-refractivity contribution is 4.78. The molecule has 0 aliphatic carbocycles. The third-order valence-electron chi connectivity index (χ3n) is 2.07. The van der Waals surface area contributed by atoms with Gasteiger partial charge in [-0.25, -0.2) is 9.55 Å². The molecule has 1 aromatic heterocycles. The molecule has 0 bridgehead atoms. The number of H-pyrrole nitrogens is 1. The molecule has 0 radical (unpaired) electrons. The fourth-order valence-corrected chi connectivity index (χ4v) is 1.37. The number of nitriles is 1. The zero-order chi connectivity index (χ0) is 10.2. The number of rotatable bonds is 6. The molecule has 0 saturated carbocycles. The number of methoxy groups -OCH3 is 1. The summed E-state index contributed by atoms with van der Waals surface area (Å²) < 4.78 is 7.08. The average Bonchev–Trinajstić information content (AvgIpc) is 2.61. The molecule has 0 unspecified atom stereocenters. The van der Waals surface area contributed by atoms with Gasteiger partial charge in [0.2, 0.25) is 0 Å². The summed E-state index contributed by atoms with van der Waals surface area (Å²) in [6.07, 6.45) is 7.48. The van der Waals surface area contributed by atoms with Gasteiger partial charge >= 0.3 is 0 Å². The van der Waals surface area contributed by atoms with E-state index in [0.29, 0.717) is 13.2 Å². The molecule has 0 saturated heterocycles. The first-order valence-electron chi connectivity index (χ1n) is 4.80. The molecule has 0 amide bonds. The van der Waals surface area contributed by atoms with E-state index in [9.17, 15) is 0 Å². The molecule has 1 heterocycles. The highest BCUT2D eigenvalue weighted by Crippen LogP contribution is 1.99. The van der Waals surface area contributed by atoms with Crippen molar-refractivity contribution >= 4 is 0 Å². The molecule has 14 heavy (non-hydrogen) atoms. The smallest absolute Gasteiger partial charge is 0.256 e. The van der Waals surface area contributed by atoms with E-state index in [4.69, 9.17) is 10.00 Å². The van der Waals surface area contributed by atoms with E-state index >= 15 is 0 Å². The van der Waals surface area contributed by atoms with Crippen molar-refractivity contribution in [3.8, 4) is 6.07 Å². The van der Waals surface area contributed by atoms with Crippen LogP contribution in [0.4, 0.5) is 0 Å². The lowest BCUT2D eigenvalue weighted by molar-refractivity contribution is -0.736. The highest BCUT2D eigenvalue weighted by atomic mass is 16.5. The molecule has 0 fully saturated rings. The van der Waals surface area contributed by atoms with E-state index in [2.05, 4.69) is 11.1 Å². The molecule has 1 N–H and O–H groups in total. The molecule has 1 aromatic rings. The number of imidazole rings is 1. The van der Waals surface area contributed by atoms with Crippen LogP contribution in [0.5, 0.6) is 0 Å². The van der Waals surface area contributed by atoms with Crippen LogP contribution in [0.15, 0.2) is 12.4 Å². The van der Waals surface area contributed by atoms with E-state index in [0.717, 1.165) is 25.1 Å². The quantitative estimate of drug-likeness (QED) is 0.545. The average molecular weight is 194 g/mol. The second-order valence-corrected chi connectivity index (χ2v) is 3.16. The number of aromatic amines is 1. The Hall–Kier alpha value is -1.34. The van der Waals surface area contributed by atoms with Crippen LogP contribution in [0.3, 0.4) is 0 Å². The van der Waals surface area contributed by atoms with Gasteiger partial charge < -0.3 is 4.74 Å². The third kappa shape index (κ3) is 3.19. The standard InChI is InChI=1S/C10H15N3O/c1-14-9-13-8-7-12-10(13)5-3-2-4-6-11/h7-8H,2-5,9H2,1H3/p+1. The van der Waals surface area contributed by atoms with Crippen molar-refractivity contribution in [3.05, 3.63) is 18.2 Å². The molecule has 4 heteroatoms. The van der Waals surface area contributed by atoms with Crippen molar-refractivity contribution in [1.82, 2.24) is 4.98 Å². The van der Waals surface area contributed by atoms with Gasteiger partial charge in [-0.15, -0.1) is 0 Å². The molecule has 76 valence electrons. The minimum absolute atomic E-state index is 0.580. The van der Waals surface area contributed by atoms with E-state index in [1.165, 1.54) is 0 Å². The van der Waals surface area contributed by atoms with Crippen molar-refractivity contribution in [2.45, 2.75) is 32.4 Å². The van der Waals surface area contributed by atoms with Gasteiger partial charge in [0.15, 0.2) is 6.73 Å². The van der Waals surface area contributed by atoms with Gasteiger partial charge in [0.05, 0.1) is 6.07 Å². The van der Waals surface area contributed by atoms with Gasteiger partial charge in [0, 0.05) is 20.0 Å². The Kier molecular flexibility index (Phi) is 4.73. The first kappa shape index (κ1) is 10.7. The Balaban J connectivity index is 2.34. The van der Waals surface area contributed by atoms with Gasteiger partial charge in [-0.1, -0.05) is 0 Å². The number of nitrogens with zero attached hydrogens (tertiary/aromatic N) is 2. The first-order chi connectivity index (χ1) is 6.88. The van der Waals surface area contributed by atoms with Gasteiger partial charge in [0.25, 0.3) is 5.82 Å². The maximum absolute atomic E-state index is 8.38. The van der Waals surface area contributed by atoms with E-state index < -0.39 is 0 Å². The molecular weight excluding hydrogens is 178 g/mol. The predicted octanol–water partition coefficient (Wildman–Crippen LogP) is 1.14. The number of aromatic nitrogens is 2. The van der Waals surface area contributed by atoms with Crippen molar-refractivity contribution in [3.63, 3.8) is 0 Å². The summed E-state index contributed by atoms with van der Waals surface area (Å²) in [5, 5.41) is 8.38. The van der Waals surface area contributed by atoms with Crippen LogP contribution in [0.1, 0.15) is 25.1 Å². The lowest BCUT2D eigenvalue weighted by atomic mass is 10.2. The van der Waals surface area contributed by atoms with Crippen molar-refractivity contribution in [1.29, 1.82) is 5.26 Å². The molecule has 4 nitrogen and oxygen atoms in total. The van der Waals surface area contributed by atoms with Crippen LogP contribution in [0, 0.1) is 11.3 Å². The van der Waals surface area contributed by atoms with Crippen molar-refractivity contribution in [2.24, 2.45) is 0 Å². The molecule has 0 aliphatic rings. The zero-order valence-electron chi connectivity index (χ0n) is 8.49. The Morgan fingerprint density at radius 3 is 3.14 bits per heavy atom. The minimum Gasteiger partial charge on any atom is -0.345 e. The molecular formula is C10H16N3O+. The summed E-state index contributed by atoms with van der Waals surface area (Å²) in [4.78, 5) is 3.17. The monoisotopic (exact) mass is 194 g/mol. The Bertz CT molecular complexity index is 301. The maximum atomic E-state index is 8.38. The molecule has 0 atom stereocenters. The minimum atomic E-state index is 0.580. The summed E-state index contributed by atoms with van der Waals surface area (Å²) >= 11 is 0. The number of unbranched alkanes of at least 4 members (excludes halogenated alkanes) is 2. The summed E-state index contributed by atoms with van der Waals surface area (Å²) in [6.45, 7) is 0.580. The topological polar surface area (TPSA) is 52.7 Å². The summed E-state index contributed by atoms with van der Waals surface area (Å²) in [5.74, 6) is 1.16. The van der Waals surface area contributed by atoms with Crippen molar-refractivity contribution in [2.75, 3.05) is 7.11 Å². The predicted molar refractivity (Wildman–Crippen MR) is 51.2 cm³/mol. The lowest BCUT2D eigenvalue weighted by Gasteiger charge is -1.98. The molecule has 0 spiro atoms. The van der Waals surface area contributed by atoms with Crippen LogP contribution in [-0.4, -0.2) is 12.1 Å². The number of aryl methyl sites for hydroxylation is 1.